The highest BCUT2D eigenvalue weighted by atomic mass is 35.5. The number of carbonyl (C=O) groups excluding carboxylic acids is 1. The summed E-state index contributed by atoms with van der Waals surface area (Å²) in [6, 6.07) is 34.0. The number of hydrogen-bond donors (Lipinski definition) is 0. The van der Waals surface area contributed by atoms with Gasteiger partial charge >= 0.3 is 0 Å². The van der Waals surface area contributed by atoms with Crippen LogP contribution in [0.1, 0.15) is 33.1 Å². The summed E-state index contributed by atoms with van der Waals surface area (Å²) in [4.78, 5) is 12.7. The van der Waals surface area contributed by atoms with Crippen LogP contribution in [0.15, 0.2) is 116 Å². The number of hydrogen-bond acceptors (Lipinski definition) is 1. The minimum Gasteiger partial charge on any atom is -1.00 e. The molecule has 3 heteroatoms. The Labute approximate surface area is 171 Å². The molecule has 28 heavy (non-hydrogen) atoms. The van der Waals surface area contributed by atoms with Crippen LogP contribution in [0.3, 0.4) is 0 Å². The molecule has 0 aliphatic heterocycles. The van der Waals surface area contributed by atoms with Gasteiger partial charge in [-0.1, -0.05) is 91.0 Å². The summed E-state index contributed by atoms with van der Waals surface area (Å²) in [5.74, 6) is 0.0405. The van der Waals surface area contributed by atoms with Gasteiger partial charge in [-0.3, -0.25) is 4.79 Å². The summed E-state index contributed by atoms with van der Waals surface area (Å²) in [6.07, 6.45) is 3.97. The van der Waals surface area contributed by atoms with Crippen LogP contribution in [-0.4, -0.2) is 5.78 Å². The Balaban J connectivity index is 0.00000225. The van der Waals surface area contributed by atoms with Gasteiger partial charge in [-0.05, 0) is 0 Å². The van der Waals surface area contributed by atoms with Crippen molar-refractivity contribution in [3.05, 3.63) is 138 Å². The number of carbonyl (C=O) groups is 1. The Kier molecular flexibility index (Phi) is 6.36. The fraction of sp³-hybridized carbons (Fsp3) is 0.0400. The second-order valence-corrected chi connectivity index (χ2v) is 6.45. The molecule has 2 nitrogen and oxygen atoms in total. The van der Waals surface area contributed by atoms with Crippen LogP contribution in [0, 0.1) is 0 Å². The van der Waals surface area contributed by atoms with Crippen molar-refractivity contribution in [2.45, 2.75) is 6.04 Å². The van der Waals surface area contributed by atoms with Gasteiger partial charge in [-0.2, -0.15) is 4.57 Å². The molecule has 4 aromatic rings. The molecule has 0 saturated carbocycles. The number of nitrogens with zero attached hydrogens (tertiary/aromatic N) is 1. The number of aromatic nitrogens is 1. The molecule has 0 spiro atoms. The van der Waals surface area contributed by atoms with Crippen molar-refractivity contribution >= 4 is 5.78 Å². The summed E-state index contributed by atoms with van der Waals surface area (Å²) in [6.45, 7) is 0. The lowest BCUT2D eigenvalue weighted by Crippen LogP contribution is -3.00. The number of pyridine rings is 1. The Morgan fingerprint density at radius 1 is 0.571 bits per heavy atom. The minimum atomic E-state index is 0. The van der Waals surface area contributed by atoms with E-state index >= 15 is 0 Å². The summed E-state index contributed by atoms with van der Waals surface area (Å²) >= 11 is 0. The zero-order valence-electron chi connectivity index (χ0n) is 15.3. The Morgan fingerprint density at radius 2 is 0.964 bits per heavy atom. The van der Waals surface area contributed by atoms with Crippen LogP contribution in [0.2, 0.25) is 0 Å². The van der Waals surface area contributed by atoms with Gasteiger partial charge in [-0.15, -0.1) is 0 Å². The zero-order valence-corrected chi connectivity index (χ0v) is 16.0. The summed E-state index contributed by atoms with van der Waals surface area (Å²) in [7, 11) is 0. The third-order valence-electron chi connectivity index (χ3n) is 4.68. The normalized spacial score (nSPS) is 10.3. The van der Waals surface area contributed by atoms with E-state index in [2.05, 4.69) is 53.1 Å². The maximum absolute atomic E-state index is 12.7. The first-order valence-electron chi connectivity index (χ1n) is 9.03. The number of ketones is 1. The number of halogens is 1. The molecule has 0 radical (unpaired) electrons. The van der Waals surface area contributed by atoms with Gasteiger partial charge < -0.3 is 12.4 Å². The average molecular weight is 386 g/mol. The molecule has 0 atom stereocenters. The van der Waals surface area contributed by atoms with Crippen LogP contribution in [0.5, 0.6) is 0 Å². The highest BCUT2D eigenvalue weighted by Gasteiger charge is 2.23. The van der Waals surface area contributed by atoms with E-state index < -0.39 is 0 Å². The molecule has 138 valence electrons. The van der Waals surface area contributed by atoms with E-state index in [1.807, 2.05) is 67.0 Å². The monoisotopic (exact) mass is 385 g/mol. The van der Waals surface area contributed by atoms with Crippen molar-refractivity contribution in [3.63, 3.8) is 0 Å². The van der Waals surface area contributed by atoms with E-state index in [-0.39, 0.29) is 24.2 Å². The standard InChI is InChI=1S/C25H20NO.ClH/c27-25(22-14-8-3-9-15-22)23-16-18-26(19-17-23)24(20-10-4-1-5-11-20)21-12-6-2-7-13-21;/h1-19,24H;1H/q+1;/p-1. The van der Waals surface area contributed by atoms with E-state index in [0.29, 0.717) is 11.1 Å². The second kappa shape index (κ2) is 9.12. The maximum Gasteiger partial charge on any atom is 0.208 e. The SMILES string of the molecule is O=C(c1ccccc1)c1cc[n+](C(c2ccccc2)c2ccccc2)cc1.[Cl-]. The molecule has 4 rings (SSSR count). The number of benzene rings is 3. The summed E-state index contributed by atoms with van der Waals surface area (Å²) < 4.78 is 2.15. The zero-order chi connectivity index (χ0) is 18.5. The minimum absolute atomic E-state index is 0. The molecule has 0 saturated heterocycles. The second-order valence-electron chi connectivity index (χ2n) is 6.45. The van der Waals surface area contributed by atoms with Gasteiger partial charge in [0.2, 0.25) is 6.04 Å². The largest absolute Gasteiger partial charge is 1.00 e. The molecule has 0 aliphatic rings. The molecule has 0 amide bonds. The van der Waals surface area contributed by atoms with Crippen molar-refractivity contribution in [2.75, 3.05) is 0 Å². The maximum atomic E-state index is 12.7. The molecular weight excluding hydrogens is 366 g/mol. The third kappa shape index (κ3) is 4.19. The van der Waals surface area contributed by atoms with Crippen molar-refractivity contribution in [3.8, 4) is 0 Å². The quantitative estimate of drug-likeness (QED) is 0.379. The first-order chi connectivity index (χ1) is 13.3. The molecule has 0 aliphatic carbocycles. The highest BCUT2D eigenvalue weighted by molar-refractivity contribution is 6.08. The van der Waals surface area contributed by atoms with E-state index in [1.165, 1.54) is 11.1 Å². The lowest BCUT2D eigenvalue weighted by molar-refractivity contribution is -0.704. The van der Waals surface area contributed by atoms with Crippen molar-refractivity contribution in [1.29, 1.82) is 0 Å². The van der Waals surface area contributed by atoms with E-state index in [0.717, 1.165) is 0 Å². The molecule has 0 bridgehead atoms. The van der Waals surface area contributed by atoms with Gasteiger partial charge in [0.15, 0.2) is 18.2 Å². The summed E-state index contributed by atoms with van der Waals surface area (Å²) in [5, 5.41) is 0. The van der Waals surface area contributed by atoms with Crippen LogP contribution >= 0.6 is 0 Å². The molecule has 0 fully saturated rings. The Morgan fingerprint density at radius 3 is 1.43 bits per heavy atom. The lowest BCUT2D eigenvalue weighted by Gasteiger charge is -2.13. The molecule has 1 heterocycles. The lowest BCUT2D eigenvalue weighted by atomic mass is 9.98. The predicted octanol–water partition coefficient (Wildman–Crippen LogP) is 1.85. The van der Waals surface area contributed by atoms with Crippen LogP contribution in [-0.2, 0) is 0 Å². The van der Waals surface area contributed by atoms with Crippen LogP contribution in [0.25, 0.3) is 0 Å². The third-order valence-corrected chi connectivity index (χ3v) is 4.68. The molecular formula is C25H20ClNO. The van der Waals surface area contributed by atoms with Crippen LogP contribution in [0.4, 0.5) is 0 Å². The van der Waals surface area contributed by atoms with Gasteiger partial charge in [0.25, 0.3) is 0 Å². The van der Waals surface area contributed by atoms with E-state index in [1.54, 1.807) is 0 Å². The van der Waals surface area contributed by atoms with Crippen molar-refractivity contribution in [2.24, 2.45) is 0 Å². The Hall–Kier alpha value is -3.23. The van der Waals surface area contributed by atoms with E-state index in [4.69, 9.17) is 0 Å². The average Bonchev–Trinajstić information content (AvgIpc) is 2.76. The summed E-state index contributed by atoms with van der Waals surface area (Å²) in [5.41, 5.74) is 3.81. The van der Waals surface area contributed by atoms with E-state index in [9.17, 15) is 4.79 Å². The smallest absolute Gasteiger partial charge is 0.208 e. The van der Waals surface area contributed by atoms with Gasteiger partial charge in [0, 0.05) is 34.4 Å². The first-order valence-corrected chi connectivity index (χ1v) is 9.03. The Bertz CT molecular complexity index is 977. The van der Waals surface area contributed by atoms with Gasteiger partial charge in [0.1, 0.15) is 0 Å². The predicted molar refractivity (Wildman–Crippen MR) is 107 cm³/mol. The highest BCUT2D eigenvalue weighted by Crippen LogP contribution is 2.21. The van der Waals surface area contributed by atoms with Gasteiger partial charge in [0.05, 0.1) is 0 Å². The fourth-order valence-electron chi connectivity index (χ4n) is 3.33. The molecule has 0 unspecified atom stereocenters. The topological polar surface area (TPSA) is 20.9 Å². The molecule has 0 N–H and O–H groups in total. The first kappa shape index (κ1) is 19.5. The molecule has 3 aromatic carbocycles. The number of rotatable bonds is 5. The van der Waals surface area contributed by atoms with Crippen molar-refractivity contribution < 1.29 is 21.8 Å². The fourth-order valence-corrected chi connectivity index (χ4v) is 3.33. The van der Waals surface area contributed by atoms with Crippen molar-refractivity contribution in [1.82, 2.24) is 0 Å². The van der Waals surface area contributed by atoms with Crippen LogP contribution < -0.4 is 17.0 Å². The van der Waals surface area contributed by atoms with Gasteiger partial charge in [-0.25, -0.2) is 0 Å². The molecule has 1 aromatic heterocycles.